The van der Waals surface area contributed by atoms with Crippen LogP contribution in [0.4, 0.5) is 0 Å². The van der Waals surface area contributed by atoms with E-state index in [1.165, 1.54) is 6.08 Å². The predicted molar refractivity (Wildman–Crippen MR) is 36.7 cm³/mol. The second-order valence-corrected chi connectivity index (χ2v) is 5.52. The Morgan fingerprint density at radius 3 is 2.62 bits per heavy atom. The van der Waals surface area contributed by atoms with Gasteiger partial charge in [-0.15, -0.1) is 0 Å². The molecule has 0 saturated carbocycles. The number of hydrogen-bond acceptors (Lipinski definition) is 2. The Morgan fingerprint density at radius 2 is 2.25 bits per heavy atom. The molecular formula is C5H11NOSi. The van der Waals surface area contributed by atoms with Crippen LogP contribution in [0.1, 0.15) is 0 Å². The molecule has 0 unspecified atom stereocenters. The standard InChI is InChI=1S/C5H11NOSi/c1-8(2)4-3-6-5-7/h8H,3-4H2,1-2H3. The first-order valence-corrected chi connectivity index (χ1v) is 5.93. The lowest BCUT2D eigenvalue weighted by Gasteiger charge is -1.93. The van der Waals surface area contributed by atoms with Gasteiger partial charge in [-0.3, -0.25) is 0 Å². The zero-order valence-electron chi connectivity index (χ0n) is 5.35. The van der Waals surface area contributed by atoms with E-state index < -0.39 is 8.80 Å². The highest BCUT2D eigenvalue weighted by atomic mass is 28.3. The fourth-order valence-electron chi connectivity index (χ4n) is 0.368. The van der Waals surface area contributed by atoms with Gasteiger partial charge in [-0.1, -0.05) is 13.1 Å². The lowest BCUT2D eigenvalue weighted by molar-refractivity contribution is 0.563. The zero-order chi connectivity index (χ0) is 6.41. The van der Waals surface area contributed by atoms with Crippen molar-refractivity contribution in [2.24, 2.45) is 4.99 Å². The highest BCUT2D eigenvalue weighted by Gasteiger charge is 1.91. The van der Waals surface area contributed by atoms with E-state index in [2.05, 4.69) is 18.1 Å². The van der Waals surface area contributed by atoms with Crippen molar-refractivity contribution in [2.75, 3.05) is 6.54 Å². The maximum atomic E-state index is 9.51. The number of rotatable bonds is 3. The maximum Gasteiger partial charge on any atom is 0.234 e. The van der Waals surface area contributed by atoms with Crippen LogP contribution in [-0.4, -0.2) is 21.4 Å². The summed E-state index contributed by atoms with van der Waals surface area (Å²) in [6.07, 6.45) is 1.52. The Kier molecular flexibility index (Phi) is 4.51. The third-order valence-electron chi connectivity index (χ3n) is 0.883. The van der Waals surface area contributed by atoms with Gasteiger partial charge in [0.05, 0.1) is 0 Å². The van der Waals surface area contributed by atoms with Gasteiger partial charge in [0.2, 0.25) is 6.08 Å². The van der Waals surface area contributed by atoms with E-state index in [9.17, 15) is 4.79 Å². The lowest BCUT2D eigenvalue weighted by atomic mass is 10.8. The number of nitrogens with zero attached hydrogens (tertiary/aromatic N) is 1. The van der Waals surface area contributed by atoms with Crippen LogP contribution in [-0.2, 0) is 4.79 Å². The van der Waals surface area contributed by atoms with Gasteiger partial charge < -0.3 is 0 Å². The van der Waals surface area contributed by atoms with E-state index in [0.29, 0.717) is 6.54 Å². The molecule has 0 bridgehead atoms. The molecule has 0 aliphatic rings. The lowest BCUT2D eigenvalue weighted by Crippen LogP contribution is -1.99. The highest BCUT2D eigenvalue weighted by molar-refractivity contribution is 6.55. The van der Waals surface area contributed by atoms with Crippen molar-refractivity contribution in [3.63, 3.8) is 0 Å². The molecule has 0 radical (unpaired) electrons. The van der Waals surface area contributed by atoms with Crippen LogP contribution >= 0.6 is 0 Å². The van der Waals surface area contributed by atoms with Crippen molar-refractivity contribution in [1.82, 2.24) is 0 Å². The van der Waals surface area contributed by atoms with Crippen molar-refractivity contribution < 1.29 is 4.79 Å². The number of isocyanates is 1. The molecule has 8 heavy (non-hydrogen) atoms. The third kappa shape index (κ3) is 5.60. The summed E-state index contributed by atoms with van der Waals surface area (Å²) in [6.45, 7) is 5.16. The summed E-state index contributed by atoms with van der Waals surface area (Å²) in [4.78, 5) is 13.0. The quantitative estimate of drug-likeness (QED) is 0.315. The Bertz CT molecular complexity index is 96.6. The van der Waals surface area contributed by atoms with Crippen LogP contribution in [0.3, 0.4) is 0 Å². The normalized spacial score (nSPS) is 8.88. The van der Waals surface area contributed by atoms with E-state index in [0.717, 1.165) is 6.04 Å². The molecule has 0 aromatic carbocycles. The number of aliphatic imine (C=N–C) groups is 1. The Hall–Kier alpha value is -0.403. The molecule has 0 amide bonds. The minimum atomic E-state index is -0.475. The SMILES string of the molecule is C[SiH](C)CCN=C=O. The highest BCUT2D eigenvalue weighted by Crippen LogP contribution is 1.88. The fourth-order valence-corrected chi connectivity index (χ4v) is 1.01. The summed E-state index contributed by atoms with van der Waals surface area (Å²) in [6, 6.07) is 1.12. The van der Waals surface area contributed by atoms with Gasteiger partial charge in [0.15, 0.2) is 0 Å². The van der Waals surface area contributed by atoms with Crippen LogP contribution in [0.5, 0.6) is 0 Å². The zero-order valence-corrected chi connectivity index (χ0v) is 6.50. The first-order chi connectivity index (χ1) is 3.77. The summed E-state index contributed by atoms with van der Waals surface area (Å²) < 4.78 is 0. The molecule has 0 aromatic rings. The van der Waals surface area contributed by atoms with Crippen LogP contribution in [0, 0.1) is 0 Å². The van der Waals surface area contributed by atoms with E-state index >= 15 is 0 Å². The summed E-state index contributed by atoms with van der Waals surface area (Å²) in [5.41, 5.74) is 0. The first-order valence-electron chi connectivity index (χ1n) is 2.81. The summed E-state index contributed by atoms with van der Waals surface area (Å²) in [5.74, 6) is 0. The average molecular weight is 129 g/mol. The van der Waals surface area contributed by atoms with E-state index in [4.69, 9.17) is 0 Å². The number of carbonyl (C=O) groups excluding carboxylic acids is 1. The van der Waals surface area contributed by atoms with Gasteiger partial charge in [-0.2, -0.15) is 0 Å². The minimum Gasteiger partial charge on any atom is -0.211 e. The average Bonchev–Trinajstić information content (AvgIpc) is 1.66. The van der Waals surface area contributed by atoms with Crippen LogP contribution in [0.2, 0.25) is 19.1 Å². The van der Waals surface area contributed by atoms with Crippen molar-refractivity contribution in [1.29, 1.82) is 0 Å². The monoisotopic (exact) mass is 129 g/mol. The van der Waals surface area contributed by atoms with Crippen LogP contribution in [0.25, 0.3) is 0 Å². The maximum absolute atomic E-state index is 9.51. The largest absolute Gasteiger partial charge is 0.234 e. The molecule has 0 aliphatic heterocycles. The van der Waals surface area contributed by atoms with Crippen LogP contribution < -0.4 is 0 Å². The second-order valence-electron chi connectivity index (χ2n) is 2.16. The molecule has 0 aromatic heterocycles. The van der Waals surface area contributed by atoms with Gasteiger partial charge in [0.25, 0.3) is 0 Å². The van der Waals surface area contributed by atoms with Crippen molar-refractivity contribution in [3.05, 3.63) is 0 Å². The van der Waals surface area contributed by atoms with Gasteiger partial charge in [0.1, 0.15) is 0 Å². The van der Waals surface area contributed by atoms with E-state index in [-0.39, 0.29) is 0 Å². The van der Waals surface area contributed by atoms with Gasteiger partial charge in [-0.05, 0) is 6.04 Å². The minimum absolute atomic E-state index is 0.475. The molecule has 0 rings (SSSR count). The summed E-state index contributed by atoms with van der Waals surface area (Å²) in [5, 5.41) is 0. The molecule has 0 saturated heterocycles. The van der Waals surface area contributed by atoms with Crippen molar-refractivity contribution in [3.8, 4) is 0 Å². The fraction of sp³-hybridized carbons (Fsp3) is 0.800. The first kappa shape index (κ1) is 7.60. The predicted octanol–water partition coefficient (Wildman–Crippen LogP) is 0.809. The van der Waals surface area contributed by atoms with E-state index in [1.54, 1.807) is 0 Å². The molecule has 0 spiro atoms. The van der Waals surface area contributed by atoms with Gasteiger partial charge in [0, 0.05) is 15.3 Å². The molecule has 0 atom stereocenters. The number of hydrogen-bond donors (Lipinski definition) is 0. The summed E-state index contributed by atoms with van der Waals surface area (Å²) in [7, 11) is -0.475. The Balaban J connectivity index is 3.05. The van der Waals surface area contributed by atoms with Crippen molar-refractivity contribution in [2.45, 2.75) is 19.1 Å². The molecule has 0 N–H and O–H groups in total. The molecule has 0 heterocycles. The van der Waals surface area contributed by atoms with Gasteiger partial charge >= 0.3 is 0 Å². The van der Waals surface area contributed by atoms with Crippen molar-refractivity contribution >= 4 is 14.9 Å². The Labute approximate surface area is 51.2 Å². The van der Waals surface area contributed by atoms with E-state index in [1.807, 2.05) is 0 Å². The smallest absolute Gasteiger partial charge is 0.211 e. The molecule has 46 valence electrons. The van der Waals surface area contributed by atoms with Crippen LogP contribution in [0.15, 0.2) is 4.99 Å². The Morgan fingerprint density at radius 1 is 1.62 bits per heavy atom. The molecule has 0 aliphatic carbocycles. The molecule has 2 nitrogen and oxygen atoms in total. The summed E-state index contributed by atoms with van der Waals surface area (Å²) >= 11 is 0. The second kappa shape index (κ2) is 4.75. The molecule has 3 heteroatoms. The topological polar surface area (TPSA) is 29.4 Å². The van der Waals surface area contributed by atoms with Gasteiger partial charge in [-0.25, -0.2) is 9.79 Å². The molecule has 0 fully saturated rings. The third-order valence-corrected chi connectivity index (χ3v) is 2.30. The molecular weight excluding hydrogens is 118 g/mol.